The normalized spacial score (nSPS) is 12.0. The van der Waals surface area contributed by atoms with Crippen molar-refractivity contribution in [3.05, 3.63) is 351 Å². The molecule has 104 heavy (non-hydrogen) atoms. The van der Waals surface area contributed by atoms with Gasteiger partial charge < -0.3 is 27.4 Å². The van der Waals surface area contributed by atoms with E-state index in [0.717, 1.165) is 176 Å². The van der Waals surface area contributed by atoms with E-state index in [2.05, 4.69) is 355 Å². The second kappa shape index (κ2) is 22.3. The van der Waals surface area contributed by atoms with Crippen molar-refractivity contribution < 1.29 is 0 Å². The van der Waals surface area contributed by atoms with Crippen molar-refractivity contribution in [3.8, 4) is 74.1 Å². The molecule has 0 unspecified atom stereocenters. The molecule has 7 heterocycles. The monoisotopic (exact) mass is 1320 g/mol. The highest BCUT2D eigenvalue weighted by Gasteiger charge is 2.34. The maximum Gasteiger partial charge on any atom is 0.160 e. The fourth-order valence-corrected chi connectivity index (χ4v) is 17.5. The van der Waals surface area contributed by atoms with E-state index in [1.165, 1.54) is 0 Å². The molecule has 0 N–H and O–H groups in total. The van der Waals surface area contributed by atoms with Gasteiger partial charge in [0.05, 0.1) is 89.0 Å². The molecular weight excluding hydrogens is 1270 g/mol. The summed E-state index contributed by atoms with van der Waals surface area (Å²) in [6, 6.07) is 127. The third-order valence-electron chi connectivity index (χ3n) is 21.5. The molecule has 9 nitrogen and oxygen atoms in total. The standard InChI is InChI=1S/C95H57N9/c96-58-72-81(103-79-53-29-23-47-70(79)87-91-83(66-43-19-25-49-75(66)99(91)62-35-11-3-12-36-62)89-85(93(87)103)68-45-21-27-51-77(68)101(89)64-39-15-5-16-40-64)55-61(74-57-73(59-31-7-1-8-32-59)97-95(98-74)60-33-9-2-10-34-60)56-82(72)104-80-54-30-24-48-71(80)88-92-84(67-44-20-26-50-76(67)100(92)63-37-13-4-14-38-63)90-86(94(88)104)69-46-22-28-52-78(69)102(90)65-41-17-6-18-42-65/h1-57H. The third-order valence-corrected chi connectivity index (χ3v) is 21.5. The van der Waals surface area contributed by atoms with Crippen LogP contribution in [0, 0.1) is 11.3 Å². The van der Waals surface area contributed by atoms with Crippen molar-refractivity contribution in [1.29, 1.82) is 5.26 Å². The first kappa shape index (κ1) is 57.6. The zero-order valence-electron chi connectivity index (χ0n) is 55.9. The zero-order chi connectivity index (χ0) is 68.3. The minimum atomic E-state index is 0.479. The summed E-state index contributed by atoms with van der Waals surface area (Å²) in [5.41, 5.74) is 22.6. The first-order chi connectivity index (χ1) is 51.7. The van der Waals surface area contributed by atoms with Gasteiger partial charge in [0.2, 0.25) is 0 Å². The molecule has 0 aliphatic carbocycles. The Hall–Kier alpha value is -14.3. The van der Waals surface area contributed by atoms with Gasteiger partial charge >= 0.3 is 0 Å². The molecule has 0 saturated carbocycles. The van der Waals surface area contributed by atoms with Gasteiger partial charge in [0, 0.05) is 104 Å². The van der Waals surface area contributed by atoms with E-state index >= 15 is 0 Å². The lowest BCUT2D eigenvalue weighted by Crippen LogP contribution is -2.06. The van der Waals surface area contributed by atoms with Gasteiger partial charge in [0.15, 0.2) is 5.82 Å². The van der Waals surface area contributed by atoms with Gasteiger partial charge in [-0.15, -0.1) is 0 Å². The molecule has 0 radical (unpaired) electrons. The molecule has 0 aliphatic rings. The van der Waals surface area contributed by atoms with Crippen molar-refractivity contribution in [3.63, 3.8) is 0 Å². The lowest BCUT2D eigenvalue weighted by molar-refractivity contribution is 1.12. The van der Waals surface area contributed by atoms with Gasteiger partial charge in [-0.25, -0.2) is 9.97 Å². The highest BCUT2D eigenvalue weighted by molar-refractivity contribution is 6.42. The summed E-state index contributed by atoms with van der Waals surface area (Å²) in [4.78, 5) is 11.1. The lowest BCUT2D eigenvalue weighted by Gasteiger charge is -2.20. The summed E-state index contributed by atoms with van der Waals surface area (Å²) in [5.74, 6) is 0.585. The van der Waals surface area contributed by atoms with Crippen LogP contribution in [0.2, 0.25) is 0 Å². The Morgan fingerprint density at radius 3 is 0.740 bits per heavy atom. The second-order valence-electron chi connectivity index (χ2n) is 27.0. The molecule has 0 spiro atoms. The number of nitriles is 1. The number of benzene rings is 15. The minimum absolute atomic E-state index is 0.479. The molecule has 0 saturated heterocycles. The van der Waals surface area contributed by atoms with Gasteiger partial charge in [-0.1, -0.05) is 243 Å². The van der Waals surface area contributed by atoms with Gasteiger partial charge in [-0.3, -0.25) is 0 Å². The number of nitrogens with zero attached hydrogens (tertiary/aromatic N) is 9. The summed E-state index contributed by atoms with van der Waals surface area (Å²) in [6.07, 6.45) is 0. The molecule has 22 rings (SSSR count). The lowest BCUT2D eigenvalue weighted by atomic mass is 10.00. The maximum absolute atomic E-state index is 13.2. The molecule has 0 bridgehead atoms. The Balaban J connectivity index is 0.998. The maximum atomic E-state index is 13.2. The van der Waals surface area contributed by atoms with Crippen LogP contribution >= 0.6 is 0 Å². The molecule has 0 fully saturated rings. The van der Waals surface area contributed by atoms with Crippen molar-refractivity contribution in [2.75, 3.05) is 0 Å². The van der Waals surface area contributed by atoms with E-state index in [1.54, 1.807) is 0 Å². The van der Waals surface area contributed by atoms with Crippen LogP contribution in [-0.2, 0) is 0 Å². The Kier molecular flexibility index (Phi) is 12.4. The predicted octanol–water partition coefficient (Wildman–Crippen LogP) is 23.9. The Morgan fingerprint density at radius 1 is 0.221 bits per heavy atom. The summed E-state index contributed by atoms with van der Waals surface area (Å²) in [6.45, 7) is 0. The number of fused-ring (bicyclic) bond motifs is 24. The molecule has 9 heteroatoms. The highest BCUT2D eigenvalue weighted by Crippen LogP contribution is 2.54. The average Bonchev–Trinajstić information content (AvgIpc) is 1.51. The summed E-state index contributed by atoms with van der Waals surface area (Å²) in [5, 5.41) is 26.3. The first-order valence-corrected chi connectivity index (χ1v) is 35.3. The van der Waals surface area contributed by atoms with Crippen molar-refractivity contribution in [2.45, 2.75) is 0 Å². The van der Waals surface area contributed by atoms with E-state index in [4.69, 9.17) is 9.97 Å². The summed E-state index contributed by atoms with van der Waals surface area (Å²) < 4.78 is 14.8. The van der Waals surface area contributed by atoms with Crippen LogP contribution in [0.5, 0.6) is 0 Å². The van der Waals surface area contributed by atoms with Crippen LogP contribution in [0.1, 0.15) is 5.56 Å². The number of rotatable bonds is 9. The van der Waals surface area contributed by atoms with Crippen LogP contribution in [0.4, 0.5) is 0 Å². The third kappa shape index (κ3) is 8.07. The topological polar surface area (TPSA) is 79.2 Å². The number of hydrogen-bond acceptors (Lipinski definition) is 3. The number of para-hydroxylation sites is 10. The van der Waals surface area contributed by atoms with Crippen LogP contribution in [0.25, 0.3) is 199 Å². The molecule has 0 atom stereocenters. The smallest absolute Gasteiger partial charge is 0.160 e. The Bertz CT molecular complexity index is 6810. The van der Waals surface area contributed by atoms with E-state index < -0.39 is 0 Å². The van der Waals surface area contributed by atoms with Crippen molar-refractivity contribution in [2.24, 2.45) is 0 Å². The van der Waals surface area contributed by atoms with Crippen molar-refractivity contribution in [1.82, 2.24) is 37.4 Å². The number of hydrogen-bond donors (Lipinski definition) is 0. The van der Waals surface area contributed by atoms with Crippen LogP contribution in [0.3, 0.4) is 0 Å². The molecule has 482 valence electrons. The quantitative estimate of drug-likeness (QED) is 0.144. The van der Waals surface area contributed by atoms with E-state index in [-0.39, 0.29) is 0 Å². The average molecular weight is 1320 g/mol. The summed E-state index contributed by atoms with van der Waals surface area (Å²) in [7, 11) is 0. The fourth-order valence-electron chi connectivity index (χ4n) is 17.5. The molecule has 0 amide bonds. The molecular formula is C95H57N9. The Morgan fingerprint density at radius 2 is 0.452 bits per heavy atom. The molecule has 22 aromatic rings. The predicted molar refractivity (Wildman–Crippen MR) is 429 cm³/mol. The molecule has 7 aromatic heterocycles. The fraction of sp³-hybridized carbons (Fsp3) is 0. The van der Waals surface area contributed by atoms with Crippen LogP contribution < -0.4 is 0 Å². The number of aromatic nitrogens is 8. The van der Waals surface area contributed by atoms with E-state index in [1.807, 2.05) is 24.3 Å². The van der Waals surface area contributed by atoms with Crippen LogP contribution in [0.15, 0.2) is 346 Å². The van der Waals surface area contributed by atoms with Crippen LogP contribution in [-0.4, -0.2) is 37.4 Å². The van der Waals surface area contributed by atoms with Gasteiger partial charge in [0.25, 0.3) is 0 Å². The summed E-state index contributed by atoms with van der Waals surface area (Å²) >= 11 is 0. The minimum Gasteiger partial charge on any atom is -0.308 e. The van der Waals surface area contributed by atoms with E-state index in [9.17, 15) is 5.26 Å². The largest absolute Gasteiger partial charge is 0.308 e. The van der Waals surface area contributed by atoms with E-state index in [0.29, 0.717) is 28.5 Å². The molecule has 15 aromatic carbocycles. The van der Waals surface area contributed by atoms with Gasteiger partial charge in [-0.2, -0.15) is 5.26 Å². The Labute approximate surface area is 595 Å². The van der Waals surface area contributed by atoms with Crippen molar-refractivity contribution >= 4 is 131 Å². The molecule has 0 aliphatic heterocycles. The second-order valence-corrected chi connectivity index (χ2v) is 27.0. The first-order valence-electron chi connectivity index (χ1n) is 35.3. The van der Waals surface area contributed by atoms with Gasteiger partial charge in [0.1, 0.15) is 11.6 Å². The zero-order valence-corrected chi connectivity index (χ0v) is 55.9. The van der Waals surface area contributed by atoms with Gasteiger partial charge in [-0.05, 0) is 103 Å². The highest BCUT2D eigenvalue weighted by atomic mass is 15.1. The SMILES string of the molecule is N#Cc1c(-n2c3ccccc3c3c4c(c5ccccc5n4-c4ccccc4)c4c(c5ccccc5n4-c4ccccc4)c32)cc(-c2cc(-c3ccccc3)nc(-c3ccccc3)n2)cc1-n1c2ccccc2c2c3c(c4ccccc4n3-c3ccccc3)c3c(c4ccccc4n3-c3ccccc3)c21.